The normalized spacial score (nSPS) is 17.0. The van der Waals surface area contributed by atoms with Crippen LogP contribution in [0.1, 0.15) is 27.9 Å². The molecule has 0 saturated carbocycles. The van der Waals surface area contributed by atoms with Gasteiger partial charge < -0.3 is 9.52 Å². The molecule has 0 fully saturated rings. The minimum Gasteiger partial charge on any atom is -0.503 e. The summed E-state index contributed by atoms with van der Waals surface area (Å²) in [6.07, 6.45) is 0. The summed E-state index contributed by atoms with van der Waals surface area (Å²) >= 11 is 4.51. The summed E-state index contributed by atoms with van der Waals surface area (Å²) < 4.78 is 6.26. The molecule has 0 radical (unpaired) electrons. The Balaban J connectivity index is 1.87. The fourth-order valence-electron chi connectivity index (χ4n) is 2.96. The molecule has 1 aliphatic heterocycles. The van der Waals surface area contributed by atoms with Crippen LogP contribution in [-0.2, 0) is 4.79 Å². The number of hydrogen-bond acceptors (Lipinski definition) is 7. The van der Waals surface area contributed by atoms with Crippen LogP contribution in [0.4, 0.5) is 5.13 Å². The van der Waals surface area contributed by atoms with Crippen molar-refractivity contribution in [2.24, 2.45) is 0 Å². The highest BCUT2D eigenvalue weighted by atomic mass is 79.9. The van der Waals surface area contributed by atoms with Crippen LogP contribution >= 0.6 is 27.3 Å². The van der Waals surface area contributed by atoms with Gasteiger partial charge in [-0.05, 0) is 36.8 Å². The third-order valence-corrected chi connectivity index (χ3v) is 5.37. The average Bonchev–Trinajstić information content (AvgIpc) is 3.37. The standard InChI is InChI=1S/C18H12BrN3O4S/c1-9-2-7-12(26-9)15(23)13-14(10-3-5-11(19)6-4-10)22(17(25)16(13)24)18-21-20-8-27-18/h2-8,14,24H,1H3. The first kappa shape index (κ1) is 17.6. The highest BCUT2D eigenvalue weighted by molar-refractivity contribution is 9.10. The number of aryl methyl sites for hydroxylation is 1. The molecule has 0 bridgehead atoms. The maximum atomic E-state index is 13.0. The van der Waals surface area contributed by atoms with Gasteiger partial charge in [0.1, 0.15) is 11.3 Å². The molecule has 1 aliphatic rings. The van der Waals surface area contributed by atoms with Gasteiger partial charge in [-0.3, -0.25) is 14.5 Å². The molecule has 27 heavy (non-hydrogen) atoms. The molecule has 7 nitrogen and oxygen atoms in total. The maximum Gasteiger partial charge on any atom is 0.296 e. The molecule has 0 spiro atoms. The van der Waals surface area contributed by atoms with E-state index in [-0.39, 0.29) is 16.5 Å². The Morgan fingerprint density at radius 2 is 2.00 bits per heavy atom. The van der Waals surface area contributed by atoms with E-state index in [9.17, 15) is 14.7 Å². The van der Waals surface area contributed by atoms with E-state index in [2.05, 4.69) is 26.1 Å². The first-order chi connectivity index (χ1) is 13.0. The van der Waals surface area contributed by atoms with Gasteiger partial charge in [-0.1, -0.05) is 39.4 Å². The maximum absolute atomic E-state index is 13.0. The van der Waals surface area contributed by atoms with Crippen molar-refractivity contribution in [2.75, 3.05) is 4.90 Å². The molecule has 4 rings (SSSR count). The first-order valence-corrected chi connectivity index (χ1v) is 9.54. The van der Waals surface area contributed by atoms with Gasteiger partial charge in [0.15, 0.2) is 11.5 Å². The number of carbonyl (C=O) groups excluding carboxylic acids is 2. The van der Waals surface area contributed by atoms with Crippen molar-refractivity contribution in [3.63, 3.8) is 0 Å². The molecule has 0 aliphatic carbocycles. The van der Waals surface area contributed by atoms with Crippen LogP contribution < -0.4 is 4.90 Å². The van der Waals surface area contributed by atoms with Crippen LogP contribution in [0.15, 0.2) is 62.1 Å². The van der Waals surface area contributed by atoms with Crippen molar-refractivity contribution in [1.82, 2.24) is 10.2 Å². The van der Waals surface area contributed by atoms with Gasteiger partial charge >= 0.3 is 0 Å². The lowest BCUT2D eigenvalue weighted by molar-refractivity contribution is -0.117. The first-order valence-electron chi connectivity index (χ1n) is 7.87. The molecule has 136 valence electrons. The topological polar surface area (TPSA) is 96.5 Å². The SMILES string of the molecule is Cc1ccc(C(=O)C2=C(O)C(=O)N(c3nncs3)C2c2ccc(Br)cc2)o1. The summed E-state index contributed by atoms with van der Waals surface area (Å²) in [6.45, 7) is 1.71. The molecule has 3 heterocycles. The fraction of sp³-hybridized carbons (Fsp3) is 0.111. The number of carbonyl (C=O) groups is 2. The fourth-order valence-corrected chi connectivity index (χ4v) is 3.81. The quantitative estimate of drug-likeness (QED) is 0.609. The van der Waals surface area contributed by atoms with Gasteiger partial charge in [0.25, 0.3) is 5.91 Å². The number of benzene rings is 1. The molecular weight excluding hydrogens is 434 g/mol. The van der Waals surface area contributed by atoms with Crippen LogP contribution in [0, 0.1) is 6.92 Å². The van der Waals surface area contributed by atoms with E-state index in [1.165, 1.54) is 16.5 Å². The molecule has 0 saturated heterocycles. The van der Waals surface area contributed by atoms with Gasteiger partial charge in [-0.25, -0.2) is 0 Å². The summed E-state index contributed by atoms with van der Waals surface area (Å²) in [7, 11) is 0. The van der Waals surface area contributed by atoms with E-state index < -0.39 is 23.5 Å². The second-order valence-corrected chi connectivity index (χ2v) is 7.58. The Labute approximate surface area is 166 Å². The molecular formula is C18H12BrN3O4S. The van der Waals surface area contributed by atoms with E-state index in [1.54, 1.807) is 37.3 Å². The van der Waals surface area contributed by atoms with Crippen LogP contribution in [0.2, 0.25) is 0 Å². The van der Waals surface area contributed by atoms with Gasteiger partial charge in [0.2, 0.25) is 10.9 Å². The van der Waals surface area contributed by atoms with Crippen molar-refractivity contribution in [2.45, 2.75) is 13.0 Å². The van der Waals surface area contributed by atoms with Gasteiger partial charge in [-0.2, -0.15) is 0 Å². The van der Waals surface area contributed by atoms with Crippen molar-refractivity contribution in [3.8, 4) is 0 Å². The second-order valence-electron chi connectivity index (χ2n) is 5.85. The summed E-state index contributed by atoms with van der Waals surface area (Å²) in [6, 6.07) is 9.48. The molecule has 1 aromatic carbocycles. The summed E-state index contributed by atoms with van der Waals surface area (Å²) in [4.78, 5) is 27.1. The van der Waals surface area contributed by atoms with E-state index in [4.69, 9.17) is 4.42 Å². The van der Waals surface area contributed by atoms with Crippen molar-refractivity contribution in [3.05, 3.63) is 74.8 Å². The second kappa shape index (κ2) is 6.75. The molecule has 1 atom stereocenters. The molecule has 1 unspecified atom stereocenters. The largest absolute Gasteiger partial charge is 0.503 e. The number of Topliss-reactive ketones (excluding diaryl/α,β-unsaturated/α-hetero) is 1. The molecule has 2 aromatic heterocycles. The predicted octanol–water partition coefficient (Wildman–Crippen LogP) is 3.98. The van der Waals surface area contributed by atoms with E-state index >= 15 is 0 Å². The molecule has 9 heteroatoms. The van der Waals surface area contributed by atoms with Crippen LogP contribution in [0.25, 0.3) is 0 Å². The summed E-state index contributed by atoms with van der Waals surface area (Å²) in [5.41, 5.74) is 2.08. The number of furan rings is 1. The average molecular weight is 446 g/mol. The summed E-state index contributed by atoms with van der Waals surface area (Å²) in [5.74, 6) is -1.25. The van der Waals surface area contributed by atoms with Crippen LogP contribution in [0.3, 0.4) is 0 Å². The van der Waals surface area contributed by atoms with E-state index in [0.29, 0.717) is 11.3 Å². The number of halogens is 1. The zero-order valence-electron chi connectivity index (χ0n) is 13.9. The Morgan fingerprint density at radius 1 is 1.26 bits per heavy atom. The molecule has 1 N–H and O–H groups in total. The Morgan fingerprint density at radius 3 is 2.59 bits per heavy atom. The number of aliphatic hydroxyl groups is 1. The zero-order valence-corrected chi connectivity index (χ0v) is 16.3. The van der Waals surface area contributed by atoms with Crippen LogP contribution in [-0.4, -0.2) is 27.0 Å². The molecule has 3 aromatic rings. The lowest BCUT2D eigenvalue weighted by atomic mass is 9.95. The lowest BCUT2D eigenvalue weighted by Gasteiger charge is -2.23. The number of amides is 1. The van der Waals surface area contributed by atoms with Crippen molar-refractivity contribution in [1.29, 1.82) is 0 Å². The highest BCUT2D eigenvalue weighted by Gasteiger charge is 2.46. The van der Waals surface area contributed by atoms with Crippen molar-refractivity contribution >= 4 is 44.1 Å². The number of aromatic nitrogens is 2. The number of ketones is 1. The number of hydrogen-bond donors (Lipinski definition) is 1. The third-order valence-electron chi connectivity index (χ3n) is 4.16. The Kier molecular flexibility index (Phi) is 4.40. The molecule has 1 amide bonds. The van der Waals surface area contributed by atoms with E-state index in [0.717, 1.165) is 15.8 Å². The minimum atomic E-state index is -0.837. The minimum absolute atomic E-state index is 0.0492. The monoisotopic (exact) mass is 445 g/mol. The number of aliphatic hydroxyl groups excluding tert-OH is 1. The smallest absolute Gasteiger partial charge is 0.296 e. The van der Waals surface area contributed by atoms with Crippen molar-refractivity contribution < 1.29 is 19.1 Å². The zero-order chi connectivity index (χ0) is 19.1. The van der Waals surface area contributed by atoms with Gasteiger partial charge in [0.05, 0.1) is 11.6 Å². The number of nitrogens with zero attached hydrogens (tertiary/aromatic N) is 3. The number of rotatable bonds is 4. The van der Waals surface area contributed by atoms with Gasteiger partial charge in [-0.15, -0.1) is 10.2 Å². The Hall–Kier alpha value is -2.78. The number of anilines is 1. The third kappa shape index (κ3) is 2.98. The predicted molar refractivity (Wildman–Crippen MR) is 102 cm³/mol. The Bertz CT molecular complexity index is 1060. The highest BCUT2D eigenvalue weighted by Crippen LogP contribution is 2.42. The lowest BCUT2D eigenvalue weighted by Crippen LogP contribution is -2.31. The van der Waals surface area contributed by atoms with Crippen LogP contribution in [0.5, 0.6) is 0 Å². The van der Waals surface area contributed by atoms with Gasteiger partial charge in [0, 0.05) is 4.47 Å². The summed E-state index contributed by atoms with van der Waals surface area (Å²) in [5, 5.41) is 18.5. The van der Waals surface area contributed by atoms with E-state index in [1.807, 2.05) is 0 Å².